The molecule has 4 rings (SSSR count). The number of Topliss-reactive ketones (excluding diaryl/α,β-unsaturated/α-hetero) is 1. The van der Waals surface area contributed by atoms with Crippen LogP contribution in [0.4, 0.5) is 4.39 Å². The van der Waals surface area contributed by atoms with Crippen molar-refractivity contribution in [2.24, 2.45) is 28.6 Å². The lowest BCUT2D eigenvalue weighted by Gasteiger charge is -2.62. The van der Waals surface area contributed by atoms with Crippen LogP contribution in [0.15, 0.2) is 23.8 Å². The maximum absolute atomic E-state index is 17.2. The smallest absolute Gasteiger partial charge is 0.306 e. The minimum absolute atomic E-state index is 0.0675. The van der Waals surface area contributed by atoms with E-state index in [4.69, 9.17) is 4.74 Å². The number of halogens is 1. The number of hydrogen-bond donors (Lipinski definition) is 2. The number of esters is 1. The van der Waals surface area contributed by atoms with Gasteiger partial charge in [0.15, 0.2) is 17.1 Å². The van der Waals surface area contributed by atoms with Gasteiger partial charge in [0.25, 0.3) is 0 Å². The van der Waals surface area contributed by atoms with Crippen LogP contribution in [0, 0.1) is 28.6 Å². The minimum Gasteiger partial charge on any atom is -0.450 e. The lowest BCUT2D eigenvalue weighted by atomic mass is 9.44. The zero-order chi connectivity index (χ0) is 23.7. The van der Waals surface area contributed by atoms with Gasteiger partial charge in [0.05, 0.1) is 6.10 Å². The zero-order valence-electron chi connectivity index (χ0n) is 19.2. The lowest BCUT2D eigenvalue weighted by molar-refractivity contribution is -0.228. The number of fused-ring (bicyclic) bond motifs is 5. The van der Waals surface area contributed by atoms with Crippen molar-refractivity contribution < 1.29 is 33.7 Å². The molecule has 2 N–H and O–H groups in total. The third-order valence-electron chi connectivity index (χ3n) is 9.30. The van der Waals surface area contributed by atoms with Crippen LogP contribution in [0.1, 0.15) is 59.8 Å². The normalized spacial score (nSPS) is 47.2. The average Bonchev–Trinajstić information content (AvgIpc) is 2.96. The van der Waals surface area contributed by atoms with Crippen LogP contribution in [0.25, 0.3) is 0 Å². The Morgan fingerprint density at radius 3 is 2.59 bits per heavy atom. The van der Waals surface area contributed by atoms with Crippen LogP contribution in [-0.4, -0.2) is 51.7 Å². The van der Waals surface area contributed by atoms with Crippen molar-refractivity contribution in [2.75, 3.05) is 6.61 Å². The van der Waals surface area contributed by atoms with Crippen LogP contribution >= 0.6 is 0 Å². The van der Waals surface area contributed by atoms with Gasteiger partial charge in [0, 0.05) is 29.1 Å². The molecule has 0 amide bonds. The van der Waals surface area contributed by atoms with Crippen LogP contribution in [-0.2, 0) is 19.1 Å². The maximum atomic E-state index is 17.2. The molecule has 0 saturated heterocycles. The van der Waals surface area contributed by atoms with Crippen molar-refractivity contribution in [1.29, 1.82) is 0 Å². The summed E-state index contributed by atoms with van der Waals surface area (Å²) in [6.45, 7) is 6.19. The largest absolute Gasteiger partial charge is 0.450 e. The first-order valence-electron chi connectivity index (χ1n) is 11.6. The second-order valence-corrected chi connectivity index (χ2v) is 10.5. The SMILES string of the molecule is CCC(=O)O[C@]1(C(=O)CO)[C@@H](C)C[C@H]2[C@@H]3CCC4=CC(=O)C=C[C@]4(C)[C@@]3(F)C(O)C[C@@]21C. The lowest BCUT2D eigenvalue weighted by Crippen LogP contribution is -2.70. The van der Waals surface area contributed by atoms with Crippen molar-refractivity contribution >= 4 is 17.5 Å². The van der Waals surface area contributed by atoms with Crippen LogP contribution in [0.5, 0.6) is 0 Å². The van der Waals surface area contributed by atoms with Gasteiger partial charge in [-0.3, -0.25) is 14.4 Å². The Kier molecular flexibility index (Phi) is 5.33. The number of allylic oxidation sites excluding steroid dienone is 4. The quantitative estimate of drug-likeness (QED) is 0.642. The molecule has 4 aliphatic rings. The number of rotatable bonds is 4. The second-order valence-electron chi connectivity index (χ2n) is 10.5. The summed E-state index contributed by atoms with van der Waals surface area (Å²) in [6.07, 6.45) is 4.38. The molecule has 0 aromatic carbocycles. The highest BCUT2D eigenvalue weighted by Crippen LogP contribution is 2.71. The van der Waals surface area contributed by atoms with Gasteiger partial charge in [-0.25, -0.2) is 4.39 Å². The number of carbonyl (C=O) groups excluding carboxylic acids is 3. The van der Waals surface area contributed by atoms with Gasteiger partial charge in [0.1, 0.15) is 6.61 Å². The number of hydrogen-bond acceptors (Lipinski definition) is 6. The summed E-state index contributed by atoms with van der Waals surface area (Å²) < 4.78 is 23.0. The number of aliphatic hydroxyl groups is 2. The van der Waals surface area contributed by atoms with E-state index in [2.05, 4.69) is 0 Å². The summed E-state index contributed by atoms with van der Waals surface area (Å²) in [5.74, 6) is -2.69. The highest BCUT2D eigenvalue weighted by molar-refractivity contribution is 6.01. The summed E-state index contributed by atoms with van der Waals surface area (Å²) in [5, 5.41) is 21.2. The predicted molar refractivity (Wildman–Crippen MR) is 114 cm³/mol. The summed E-state index contributed by atoms with van der Waals surface area (Å²) in [4.78, 5) is 37.5. The summed E-state index contributed by atoms with van der Waals surface area (Å²) in [6, 6.07) is 0. The van der Waals surface area contributed by atoms with Crippen LogP contribution in [0.2, 0.25) is 0 Å². The van der Waals surface area contributed by atoms with Gasteiger partial charge < -0.3 is 14.9 Å². The van der Waals surface area contributed by atoms with Gasteiger partial charge >= 0.3 is 5.97 Å². The predicted octanol–water partition coefficient (Wildman–Crippen LogP) is 2.86. The highest BCUT2D eigenvalue weighted by atomic mass is 19.1. The van der Waals surface area contributed by atoms with Crippen LogP contribution < -0.4 is 0 Å². The van der Waals surface area contributed by atoms with Crippen molar-refractivity contribution in [3.8, 4) is 0 Å². The summed E-state index contributed by atoms with van der Waals surface area (Å²) in [7, 11) is 0. The molecule has 176 valence electrons. The van der Waals surface area contributed by atoms with Crippen molar-refractivity contribution in [2.45, 2.75) is 77.2 Å². The Hall–Kier alpha value is -1.86. The summed E-state index contributed by atoms with van der Waals surface area (Å²) >= 11 is 0. The molecule has 0 heterocycles. The average molecular weight is 449 g/mol. The first-order chi connectivity index (χ1) is 14.9. The molecule has 4 aliphatic carbocycles. The second kappa shape index (κ2) is 7.32. The molecular weight excluding hydrogens is 415 g/mol. The Labute approximate surface area is 187 Å². The Morgan fingerprint density at radius 2 is 1.97 bits per heavy atom. The van der Waals surface area contributed by atoms with E-state index in [1.807, 2.05) is 0 Å². The molecule has 6 nitrogen and oxygen atoms in total. The Morgan fingerprint density at radius 1 is 1.28 bits per heavy atom. The maximum Gasteiger partial charge on any atom is 0.306 e. The topological polar surface area (TPSA) is 101 Å². The van der Waals surface area contributed by atoms with E-state index in [1.165, 1.54) is 12.2 Å². The van der Waals surface area contributed by atoms with Gasteiger partial charge in [-0.15, -0.1) is 0 Å². The van der Waals surface area contributed by atoms with E-state index in [0.717, 1.165) is 0 Å². The number of ketones is 2. The molecule has 3 fully saturated rings. The van der Waals surface area contributed by atoms with Gasteiger partial charge in [0.2, 0.25) is 5.78 Å². The monoisotopic (exact) mass is 448 g/mol. The zero-order valence-corrected chi connectivity index (χ0v) is 19.2. The number of aliphatic hydroxyl groups excluding tert-OH is 2. The standard InChI is InChI=1S/C25H33FO6/c1-5-21(31)32-25(20(30)13-27)14(2)10-18-17-7-6-15-11-16(28)8-9-22(15,3)24(17,26)19(29)12-23(18,25)4/h8-9,11,14,17-19,27,29H,5-7,10,12-13H2,1-4H3/t14-,17-,18-,19?,22-,23-,24-,25-/m0/s1. The molecule has 8 atom stereocenters. The molecule has 0 spiro atoms. The van der Waals surface area contributed by atoms with Crippen molar-refractivity contribution in [3.05, 3.63) is 23.8 Å². The number of carbonyl (C=O) groups is 3. The van der Waals surface area contributed by atoms with Gasteiger partial charge in [-0.05, 0) is 50.7 Å². The highest BCUT2D eigenvalue weighted by Gasteiger charge is 2.77. The van der Waals surface area contributed by atoms with E-state index in [0.29, 0.717) is 24.8 Å². The summed E-state index contributed by atoms with van der Waals surface area (Å²) in [5.41, 5.74) is -5.10. The molecule has 0 radical (unpaired) electrons. The van der Waals surface area contributed by atoms with E-state index in [1.54, 1.807) is 33.8 Å². The first-order valence-corrected chi connectivity index (χ1v) is 11.6. The van der Waals surface area contributed by atoms with Crippen molar-refractivity contribution in [3.63, 3.8) is 0 Å². The van der Waals surface area contributed by atoms with Gasteiger partial charge in [-0.1, -0.05) is 32.4 Å². The molecule has 0 aromatic rings. The fourth-order valence-corrected chi connectivity index (χ4v) is 7.77. The van der Waals surface area contributed by atoms with E-state index in [9.17, 15) is 24.6 Å². The van der Waals surface area contributed by atoms with E-state index >= 15 is 4.39 Å². The Balaban J connectivity index is 1.85. The molecule has 1 unspecified atom stereocenters. The molecule has 0 aliphatic heterocycles. The van der Waals surface area contributed by atoms with Crippen LogP contribution in [0.3, 0.4) is 0 Å². The minimum atomic E-state index is -2.02. The molecule has 0 aromatic heterocycles. The first kappa shape index (κ1) is 23.3. The fourth-order valence-electron chi connectivity index (χ4n) is 7.77. The van der Waals surface area contributed by atoms with Crippen molar-refractivity contribution in [1.82, 2.24) is 0 Å². The third kappa shape index (κ3) is 2.61. The fraction of sp³-hybridized carbons (Fsp3) is 0.720. The third-order valence-corrected chi connectivity index (χ3v) is 9.30. The molecular formula is C25H33FO6. The number of ether oxygens (including phenoxy) is 1. The molecule has 32 heavy (non-hydrogen) atoms. The van der Waals surface area contributed by atoms with Gasteiger partial charge in [-0.2, -0.15) is 0 Å². The molecule has 3 saturated carbocycles. The van der Waals surface area contributed by atoms with E-state index < -0.39 is 58.4 Å². The molecule has 0 bridgehead atoms. The molecule has 7 heteroatoms. The number of alkyl halides is 1. The Bertz CT molecular complexity index is 925. The van der Waals surface area contributed by atoms with E-state index in [-0.39, 0.29) is 24.5 Å².